The molecule has 0 fully saturated rings. The summed E-state index contributed by atoms with van der Waals surface area (Å²) in [5.41, 5.74) is 0. The van der Waals surface area contributed by atoms with Gasteiger partial charge in [0.1, 0.15) is 19.8 Å². The van der Waals surface area contributed by atoms with E-state index in [1.165, 1.54) is 199 Å². The van der Waals surface area contributed by atoms with Gasteiger partial charge in [-0.1, -0.05) is 297 Å². The van der Waals surface area contributed by atoms with Crippen LogP contribution in [0.5, 0.6) is 0 Å². The van der Waals surface area contributed by atoms with Gasteiger partial charge in [0.15, 0.2) is 6.10 Å². The Hall–Kier alpha value is -3.07. The lowest BCUT2D eigenvalue weighted by atomic mass is 10.0. The van der Waals surface area contributed by atoms with Gasteiger partial charge in [0.25, 0.3) is 0 Å². The third kappa shape index (κ3) is 68.0. The summed E-state index contributed by atoms with van der Waals surface area (Å²) in [6, 6.07) is 0. The van der Waals surface area contributed by atoms with E-state index in [0.717, 1.165) is 77.0 Å². The third-order valence-electron chi connectivity index (χ3n) is 15.1. The molecule has 2 atom stereocenters. The number of likely N-dealkylation sites (N-methyl/N-ethyl adjacent to an activating group) is 1. The number of carbonyl (C=O) groups is 2. The Morgan fingerprint density at radius 1 is 0.381 bits per heavy atom. The Morgan fingerprint density at radius 3 is 1.01 bits per heavy atom. The number of rotatable bonds is 64. The molecule has 0 rings (SSSR count). The molecule has 0 aromatic heterocycles. The van der Waals surface area contributed by atoms with Crippen LogP contribution in [0.15, 0.2) is 97.2 Å². The maximum absolute atomic E-state index is 12.9. The lowest BCUT2D eigenvalue weighted by Crippen LogP contribution is -2.37. The second kappa shape index (κ2) is 64.4. The first kappa shape index (κ1) is 80.9. The average Bonchev–Trinajstić information content (AvgIpc) is 3.61. The van der Waals surface area contributed by atoms with Crippen LogP contribution in [0.4, 0.5) is 0 Å². The molecule has 10 heteroatoms. The van der Waals surface area contributed by atoms with Crippen molar-refractivity contribution in [2.24, 2.45) is 0 Å². The minimum Gasteiger partial charge on any atom is -0.462 e. The number of esters is 2. The molecule has 0 heterocycles. The number of carbonyl (C=O) groups excluding carboxylic acids is 2. The third-order valence-corrected chi connectivity index (χ3v) is 16.1. The fourth-order valence-corrected chi connectivity index (χ4v) is 10.5. The van der Waals surface area contributed by atoms with Gasteiger partial charge in [0, 0.05) is 12.8 Å². The molecule has 0 aromatic carbocycles. The van der Waals surface area contributed by atoms with Crippen molar-refractivity contribution >= 4 is 19.8 Å². The van der Waals surface area contributed by atoms with Gasteiger partial charge in [-0.3, -0.25) is 18.6 Å². The smallest absolute Gasteiger partial charge is 0.462 e. The lowest BCUT2D eigenvalue weighted by molar-refractivity contribution is -0.870. The zero-order valence-electron chi connectivity index (χ0n) is 55.4. The molecule has 486 valence electrons. The number of hydrogen-bond donors (Lipinski definition) is 1. The molecule has 0 radical (unpaired) electrons. The number of phosphoric ester groups is 1. The number of phosphoric acid groups is 1. The summed E-state index contributed by atoms with van der Waals surface area (Å²) in [6.45, 7) is 4.32. The fourth-order valence-electron chi connectivity index (χ4n) is 9.76. The van der Waals surface area contributed by atoms with Crippen LogP contribution in [0.1, 0.15) is 309 Å². The number of quaternary nitrogens is 1. The van der Waals surface area contributed by atoms with Gasteiger partial charge in [-0.2, -0.15) is 0 Å². The van der Waals surface area contributed by atoms with Crippen LogP contribution in [-0.2, 0) is 32.7 Å². The summed E-state index contributed by atoms with van der Waals surface area (Å²) >= 11 is 0. The van der Waals surface area contributed by atoms with Crippen LogP contribution < -0.4 is 0 Å². The zero-order chi connectivity index (χ0) is 61.2. The summed E-state index contributed by atoms with van der Waals surface area (Å²) in [5, 5.41) is 0. The molecule has 0 aliphatic rings. The standard InChI is InChI=1S/C74H132NO8P/c1-6-8-10-12-14-16-18-20-22-24-26-27-28-29-30-31-32-33-34-35-36-37-38-39-40-41-42-43-44-45-46-47-49-51-53-55-57-59-61-63-65-67-74(77)83-72(71-82-84(78,79)81-69-68-75(3,4)5)70-80-73(76)66-64-62-60-58-56-54-52-50-48-25-23-21-19-17-15-13-11-9-7-2/h8,10,14-17,20-23,26-27,29-30,32-33,72H,6-7,9,11-13,18-19,24-25,28,31,34-71H2,1-5H3/p+1/b10-8-,16-14-,17-15-,22-20-,23-21-,27-26-,30-29-,33-32-. The molecule has 0 spiro atoms. The first-order chi connectivity index (χ1) is 41.0. The molecular weight excluding hydrogens is 1060 g/mol. The average molecular weight is 1200 g/mol. The minimum absolute atomic E-state index is 0.0301. The van der Waals surface area contributed by atoms with E-state index in [9.17, 15) is 19.0 Å². The van der Waals surface area contributed by atoms with Crippen LogP contribution in [0.3, 0.4) is 0 Å². The van der Waals surface area contributed by atoms with Crippen molar-refractivity contribution < 1.29 is 42.1 Å². The Bertz CT molecular complexity index is 1740. The molecule has 0 amide bonds. The number of nitrogens with zero attached hydrogens (tertiary/aromatic N) is 1. The van der Waals surface area contributed by atoms with Crippen molar-refractivity contribution in [2.45, 2.75) is 315 Å². The normalized spacial score (nSPS) is 13.7. The predicted molar refractivity (Wildman–Crippen MR) is 362 cm³/mol. The van der Waals surface area contributed by atoms with E-state index >= 15 is 0 Å². The highest BCUT2D eigenvalue weighted by Crippen LogP contribution is 2.43. The van der Waals surface area contributed by atoms with E-state index in [2.05, 4.69) is 111 Å². The summed E-state index contributed by atoms with van der Waals surface area (Å²) < 4.78 is 34.7. The van der Waals surface area contributed by atoms with Crippen LogP contribution in [0.25, 0.3) is 0 Å². The van der Waals surface area contributed by atoms with Crippen LogP contribution in [-0.4, -0.2) is 74.9 Å². The molecule has 0 aliphatic carbocycles. The van der Waals surface area contributed by atoms with E-state index in [4.69, 9.17) is 18.5 Å². The van der Waals surface area contributed by atoms with Crippen molar-refractivity contribution in [3.8, 4) is 0 Å². The Kier molecular flexibility index (Phi) is 62.1. The predicted octanol–water partition coefficient (Wildman–Crippen LogP) is 22.7. The van der Waals surface area contributed by atoms with E-state index in [-0.39, 0.29) is 32.0 Å². The van der Waals surface area contributed by atoms with Crippen molar-refractivity contribution in [1.29, 1.82) is 0 Å². The highest BCUT2D eigenvalue weighted by Gasteiger charge is 2.27. The van der Waals surface area contributed by atoms with Crippen LogP contribution in [0.2, 0.25) is 0 Å². The first-order valence-corrected chi connectivity index (χ1v) is 36.5. The minimum atomic E-state index is -4.39. The largest absolute Gasteiger partial charge is 0.472 e. The lowest BCUT2D eigenvalue weighted by Gasteiger charge is -2.24. The number of ether oxygens (including phenoxy) is 2. The van der Waals surface area contributed by atoms with Gasteiger partial charge in [0.05, 0.1) is 27.7 Å². The molecule has 84 heavy (non-hydrogen) atoms. The molecular formula is C74H133NO8P+. The molecule has 0 saturated carbocycles. The molecule has 0 saturated heterocycles. The Balaban J connectivity index is 3.94. The summed E-state index contributed by atoms with van der Waals surface area (Å²) in [4.78, 5) is 35.8. The van der Waals surface area contributed by atoms with Gasteiger partial charge >= 0.3 is 19.8 Å². The SMILES string of the molecule is CC/C=C\C/C=C\C/C=C\C/C=C\C/C=C\C/C=C\CCCCCCCCCCCCCCCCCCCCCCCCC(=O)OC(COC(=O)CCCCCCCCCCC/C=C\C/C=C\CCCCC)COP(=O)(O)OCC[N+](C)(C)C. The summed E-state index contributed by atoms with van der Waals surface area (Å²) in [6.07, 6.45) is 89.5. The molecule has 0 aliphatic heterocycles. The zero-order valence-corrected chi connectivity index (χ0v) is 56.3. The van der Waals surface area contributed by atoms with Crippen LogP contribution in [0, 0.1) is 0 Å². The van der Waals surface area contributed by atoms with E-state index in [0.29, 0.717) is 17.4 Å². The van der Waals surface area contributed by atoms with Crippen molar-refractivity contribution in [1.82, 2.24) is 0 Å². The maximum atomic E-state index is 12.9. The fraction of sp³-hybridized carbons (Fsp3) is 0.757. The summed E-state index contributed by atoms with van der Waals surface area (Å²) in [7, 11) is 1.48. The summed E-state index contributed by atoms with van der Waals surface area (Å²) in [5.74, 6) is -0.792. The highest BCUT2D eigenvalue weighted by atomic mass is 31.2. The highest BCUT2D eigenvalue weighted by molar-refractivity contribution is 7.47. The monoisotopic (exact) mass is 1190 g/mol. The Morgan fingerprint density at radius 2 is 0.679 bits per heavy atom. The van der Waals surface area contributed by atoms with Gasteiger partial charge in [-0.25, -0.2) is 4.57 Å². The second-order valence-corrected chi connectivity index (χ2v) is 26.0. The quantitative estimate of drug-likeness (QED) is 0.0211. The van der Waals surface area contributed by atoms with Crippen LogP contribution >= 0.6 is 7.82 Å². The van der Waals surface area contributed by atoms with Crippen molar-refractivity contribution in [3.63, 3.8) is 0 Å². The number of hydrogen-bond acceptors (Lipinski definition) is 7. The van der Waals surface area contributed by atoms with Gasteiger partial charge < -0.3 is 18.9 Å². The molecule has 0 aromatic rings. The van der Waals surface area contributed by atoms with E-state index < -0.39 is 26.5 Å². The molecule has 9 nitrogen and oxygen atoms in total. The molecule has 2 unspecified atom stereocenters. The van der Waals surface area contributed by atoms with E-state index in [1.54, 1.807) is 0 Å². The number of unbranched alkanes of at least 4 members (excludes halogenated alkanes) is 34. The maximum Gasteiger partial charge on any atom is 0.472 e. The van der Waals surface area contributed by atoms with Crippen molar-refractivity contribution in [2.75, 3.05) is 47.5 Å². The number of allylic oxidation sites excluding steroid dienone is 16. The molecule has 1 N–H and O–H groups in total. The van der Waals surface area contributed by atoms with Gasteiger partial charge in [0.2, 0.25) is 0 Å². The van der Waals surface area contributed by atoms with Gasteiger partial charge in [-0.15, -0.1) is 0 Å². The second-order valence-electron chi connectivity index (χ2n) is 24.5. The Labute approximate surface area is 519 Å². The first-order valence-electron chi connectivity index (χ1n) is 35.0. The van der Waals surface area contributed by atoms with E-state index in [1.807, 2.05) is 21.1 Å². The molecule has 0 bridgehead atoms. The van der Waals surface area contributed by atoms with Crippen molar-refractivity contribution in [3.05, 3.63) is 97.2 Å². The van der Waals surface area contributed by atoms with Gasteiger partial charge in [-0.05, 0) is 96.3 Å². The topological polar surface area (TPSA) is 108 Å².